The Balaban J connectivity index is 2.59. The summed E-state index contributed by atoms with van der Waals surface area (Å²) in [6.07, 6.45) is 3.29. The van der Waals surface area contributed by atoms with Gasteiger partial charge in [-0.2, -0.15) is 0 Å². The van der Waals surface area contributed by atoms with Crippen LogP contribution < -0.4 is 0 Å². The highest BCUT2D eigenvalue weighted by atomic mass is 35.5. The molecule has 0 fully saturated rings. The molecule has 0 aliphatic rings. The number of hydrogen-bond donors (Lipinski definition) is 0. The molecule has 0 spiro atoms. The maximum absolute atomic E-state index is 5.69. The minimum Gasteiger partial charge on any atom is -0.383 e. The molecular formula is C11H18ClN3O. The molecule has 0 aliphatic heterocycles. The molecule has 0 aromatic carbocycles. The van der Waals surface area contributed by atoms with Crippen LogP contribution in [0.15, 0.2) is 12.4 Å². The molecule has 4 nitrogen and oxygen atoms in total. The molecule has 16 heavy (non-hydrogen) atoms. The lowest BCUT2D eigenvalue weighted by molar-refractivity contribution is 0.0973. The zero-order valence-corrected chi connectivity index (χ0v) is 10.7. The average molecular weight is 244 g/mol. The van der Waals surface area contributed by atoms with Crippen molar-refractivity contribution in [2.75, 3.05) is 20.3 Å². The molecule has 1 atom stereocenters. The van der Waals surface area contributed by atoms with Gasteiger partial charge in [0.2, 0.25) is 0 Å². The minimum atomic E-state index is 0.368. The van der Waals surface area contributed by atoms with Crippen molar-refractivity contribution in [3.63, 3.8) is 0 Å². The smallest absolute Gasteiger partial charge is 0.147 e. The van der Waals surface area contributed by atoms with Gasteiger partial charge in [0.05, 0.1) is 24.7 Å². The zero-order chi connectivity index (χ0) is 12.0. The highest BCUT2D eigenvalue weighted by Crippen LogP contribution is 2.07. The van der Waals surface area contributed by atoms with E-state index in [0.717, 1.165) is 25.4 Å². The van der Waals surface area contributed by atoms with Crippen LogP contribution in [0.4, 0.5) is 0 Å². The molecule has 1 aromatic heterocycles. The average Bonchev–Trinajstić information content (AvgIpc) is 2.28. The fraction of sp³-hybridized carbons (Fsp3) is 0.636. The lowest BCUT2D eigenvalue weighted by Gasteiger charge is -2.26. The van der Waals surface area contributed by atoms with Gasteiger partial charge in [-0.3, -0.25) is 9.88 Å². The number of ether oxygens (including phenoxy) is 1. The summed E-state index contributed by atoms with van der Waals surface area (Å²) in [5.74, 6) is 0. The summed E-state index contributed by atoms with van der Waals surface area (Å²) in [5.41, 5.74) is 0.925. The Morgan fingerprint density at radius 2 is 2.19 bits per heavy atom. The van der Waals surface area contributed by atoms with Crippen LogP contribution in [0.3, 0.4) is 0 Å². The highest BCUT2D eigenvalue weighted by molar-refractivity contribution is 6.29. The van der Waals surface area contributed by atoms with Crippen LogP contribution in [0.25, 0.3) is 0 Å². The molecule has 0 saturated carbocycles. The molecule has 0 aliphatic carbocycles. The van der Waals surface area contributed by atoms with Crippen LogP contribution in [-0.2, 0) is 11.3 Å². The first-order valence-corrected chi connectivity index (χ1v) is 5.74. The summed E-state index contributed by atoms with van der Waals surface area (Å²) in [5, 5.41) is 0.428. The Morgan fingerprint density at radius 1 is 1.44 bits per heavy atom. The number of likely N-dealkylation sites (N-methyl/N-ethyl adjacent to an activating group) is 1. The van der Waals surface area contributed by atoms with Crippen LogP contribution >= 0.6 is 11.6 Å². The van der Waals surface area contributed by atoms with Gasteiger partial charge in [-0.25, -0.2) is 4.98 Å². The lowest BCUT2D eigenvalue weighted by atomic mass is 10.2. The van der Waals surface area contributed by atoms with Crippen LogP contribution in [0.2, 0.25) is 5.15 Å². The van der Waals surface area contributed by atoms with Gasteiger partial charge in [0.1, 0.15) is 5.15 Å². The van der Waals surface area contributed by atoms with Gasteiger partial charge in [0, 0.05) is 19.7 Å². The van der Waals surface area contributed by atoms with Crippen molar-refractivity contribution in [2.24, 2.45) is 0 Å². The van der Waals surface area contributed by atoms with Crippen LogP contribution in [0.1, 0.15) is 19.5 Å². The van der Waals surface area contributed by atoms with Gasteiger partial charge in [-0.05, 0) is 13.5 Å². The quantitative estimate of drug-likeness (QED) is 0.766. The van der Waals surface area contributed by atoms with E-state index < -0.39 is 0 Å². The van der Waals surface area contributed by atoms with E-state index in [9.17, 15) is 0 Å². The van der Waals surface area contributed by atoms with Crippen molar-refractivity contribution in [1.82, 2.24) is 14.9 Å². The van der Waals surface area contributed by atoms with Crippen molar-refractivity contribution in [3.8, 4) is 0 Å². The van der Waals surface area contributed by atoms with Crippen molar-refractivity contribution in [1.29, 1.82) is 0 Å². The second-order valence-electron chi connectivity index (χ2n) is 3.70. The number of rotatable bonds is 6. The molecule has 0 radical (unpaired) electrons. The largest absolute Gasteiger partial charge is 0.383 e. The Hall–Kier alpha value is -0.710. The maximum Gasteiger partial charge on any atom is 0.147 e. The molecule has 0 amide bonds. The molecule has 1 rings (SSSR count). The van der Waals surface area contributed by atoms with Gasteiger partial charge < -0.3 is 4.74 Å². The summed E-state index contributed by atoms with van der Waals surface area (Å²) < 4.78 is 5.14. The summed E-state index contributed by atoms with van der Waals surface area (Å²) >= 11 is 5.69. The number of halogens is 1. The predicted molar refractivity (Wildman–Crippen MR) is 64.5 cm³/mol. The van der Waals surface area contributed by atoms with Crippen molar-refractivity contribution >= 4 is 11.6 Å². The van der Waals surface area contributed by atoms with Gasteiger partial charge >= 0.3 is 0 Å². The van der Waals surface area contributed by atoms with Gasteiger partial charge in [0.15, 0.2) is 0 Å². The molecule has 0 N–H and O–H groups in total. The van der Waals surface area contributed by atoms with E-state index in [4.69, 9.17) is 16.3 Å². The topological polar surface area (TPSA) is 38.2 Å². The number of aromatic nitrogens is 2. The van der Waals surface area contributed by atoms with Gasteiger partial charge in [0.25, 0.3) is 0 Å². The molecule has 0 bridgehead atoms. The van der Waals surface area contributed by atoms with Crippen LogP contribution in [0, 0.1) is 0 Å². The summed E-state index contributed by atoms with van der Waals surface area (Å²) in [6.45, 7) is 6.70. The van der Waals surface area contributed by atoms with Crippen LogP contribution in [-0.4, -0.2) is 41.2 Å². The summed E-state index contributed by atoms with van der Waals surface area (Å²) in [6, 6.07) is 0.368. The highest BCUT2D eigenvalue weighted by Gasteiger charge is 2.12. The van der Waals surface area contributed by atoms with Crippen LogP contribution in [0.5, 0.6) is 0 Å². The third-order valence-electron chi connectivity index (χ3n) is 2.48. The Kier molecular flexibility index (Phi) is 5.66. The molecular weight excluding hydrogens is 226 g/mol. The second-order valence-corrected chi connectivity index (χ2v) is 4.09. The van der Waals surface area contributed by atoms with E-state index in [1.807, 2.05) is 0 Å². The Morgan fingerprint density at radius 3 is 2.69 bits per heavy atom. The van der Waals surface area contributed by atoms with E-state index in [-0.39, 0.29) is 0 Å². The van der Waals surface area contributed by atoms with E-state index in [1.54, 1.807) is 19.5 Å². The lowest BCUT2D eigenvalue weighted by Crippen LogP contribution is -2.35. The minimum absolute atomic E-state index is 0.368. The first-order chi connectivity index (χ1) is 7.67. The second kappa shape index (κ2) is 6.78. The van der Waals surface area contributed by atoms with Crippen molar-refractivity contribution in [2.45, 2.75) is 26.4 Å². The van der Waals surface area contributed by atoms with E-state index in [1.165, 1.54) is 0 Å². The number of hydrogen-bond acceptors (Lipinski definition) is 4. The van der Waals surface area contributed by atoms with Gasteiger partial charge in [-0.1, -0.05) is 18.5 Å². The zero-order valence-electron chi connectivity index (χ0n) is 9.98. The number of methoxy groups -OCH3 is 1. The standard InChI is InChI=1S/C11H18ClN3O/c1-4-15(9(2)8-16-3)7-10-5-14-11(12)6-13-10/h5-6,9H,4,7-8H2,1-3H3. The molecule has 1 aromatic rings. The molecule has 5 heteroatoms. The van der Waals surface area contributed by atoms with E-state index in [2.05, 4.69) is 28.7 Å². The first-order valence-electron chi connectivity index (χ1n) is 5.36. The fourth-order valence-corrected chi connectivity index (χ4v) is 1.65. The number of nitrogens with zero attached hydrogens (tertiary/aromatic N) is 3. The maximum atomic E-state index is 5.69. The van der Waals surface area contributed by atoms with Crippen molar-refractivity contribution < 1.29 is 4.74 Å². The van der Waals surface area contributed by atoms with E-state index in [0.29, 0.717) is 11.2 Å². The first kappa shape index (κ1) is 13.4. The van der Waals surface area contributed by atoms with Gasteiger partial charge in [-0.15, -0.1) is 0 Å². The third-order valence-corrected chi connectivity index (χ3v) is 2.67. The van der Waals surface area contributed by atoms with E-state index >= 15 is 0 Å². The molecule has 90 valence electrons. The Bertz CT molecular complexity index is 305. The Labute approximate surface area is 102 Å². The molecule has 1 heterocycles. The normalized spacial score (nSPS) is 13.1. The summed E-state index contributed by atoms with van der Waals surface area (Å²) in [7, 11) is 1.71. The summed E-state index contributed by atoms with van der Waals surface area (Å²) in [4.78, 5) is 10.5. The monoisotopic (exact) mass is 243 g/mol. The molecule has 0 saturated heterocycles. The molecule has 1 unspecified atom stereocenters. The predicted octanol–water partition coefficient (Wildman–Crippen LogP) is 1.99. The van der Waals surface area contributed by atoms with Crippen molar-refractivity contribution in [3.05, 3.63) is 23.2 Å². The SMILES string of the molecule is CCN(Cc1cnc(Cl)cn1)C(C)COC. The third kappa shape index (κ3) is 4.04. The fourth-order valence-electron chi connectivity index (χ4n) is 1.55.